The average Bonchev–Trinajstić information content (AvgIpc) is 3.89. The number of hydrogen-bond donors (Lipinski definition) is 0. The third kappa shape index (κ3) is 4.27. The highest BCUT2D eigenvalue weighted by molar-refractivity contribution is 6.26. The summed E-state index contributed by atoms with van der Waals surface area (Å²) in [5.74, 6) is 0. The summed E-state index contributed by atoms with van der Waals surface area (Å²) in [5, 5.41) is 18.0. The largest absolute Gasteiger partial charge is 0.318 e. The van der Waals surface area contributed by atoms with Crippen molar-refractivity contribution in [1.29, 1.82) is 5.26 Å². The maximum absolute atomic E-state index is 11.1. The molecule has 5 heteroatoms. The molecule has 11 rings (SSSR count). The van der Waals surface area contributed by atoms with Crippen LogP contribution in [0.1, 0.15) is 5.56 Å². The van der Waals surface area contributed by atoms with E-state index in [1.807, 2.05) is 42.5 Å². The Balaban J connectivity index is 1.24. The molecule has 0 amide bonds. The van der Waals surface area contributed by atoms with Crippen LogP contribution in [0.3, 0.4) is 0 Å². The molecule has 0 N–H and O–H groups in total. The predicted octanol–water partition coefficient (Wildman–Crippen LogP) is 13.1. The molecule has 0 atom stereocenters. The molecule has 0 saturated heterocycles. The van der Waals surface area contributed by atoms with E-state index in [0.29, 0.717) is 16.9 Å². The van der Waals surface area contributed by atoms with Gasteiger partial charge in [-0.2, -0.15) is 5.26 Å². The lowest BCUT2D eigenvalue weighted by Gasteiger charge is -2.18. The second kappa shape index (κ2) is 11.8. The Morgan fingerprint density at radius 3 is 1.64 bits per heavy atom. The molecule has 0 spiro atoms. The Morgan fingerprint density at radius 2 is 0.982 bits per heavy atom. The molecule has 0 radical (unpaired) electrons. The minimum absolute atomic E-state index is 0.428. The van der Waals surface area contributed by atoms with Gasteiger partial charge >= 0.3 is 0 Å². The van der Waals surface area contributed by atoms with E-state index in [4.69, 9.17) is 6.57 Å². The highest BCUT2D eigenvalue weighted by atomic mass is 15.0. The summed E-state index contributed by atoms with van der Waals surface area (Å²) in [4.78, 5) is 3.99. The number of fused-ring (bicyclic) bond motifs is 10. The second-order valence-corrected chi connectivity index (χ2v) is 13.9. The number of nitriles is 1. The fourth-order valence-corrected chi connectivity index (χ4v) is 8.91. The molecule has 8 aromatic carbocycles. The summed E-state index contributed by atoms with van der Waals surface area (Å²) in [7, 11) is 0. The number of para-hydroxylation sites is 6. The fourth-order valence-electron chi connectivity index (χ4n) is 8.91. The van der Waals surface area contributed by atoms with Gasteiger partial charge in [0.2, 0.25) is 5.69 Å². The Hall–Kier alpha value is -7.86. The Labute approximate surface area is 316 Å². The van der Waals surface area contributed by atoms with Gasteiger partial charge in [-0.25, -0.2) is 4.85 Å². The van der Waals surface area contributed by atoms with Gasteiger partial charge in [0.15, 0.2) is 0 Å². The van der Waals surface area contributed by atoms with Crippen molar-refractivity contribution >= 4 is 71.1 Å². The topological polar surface area (TPSA) is 42.9 Å². The molecule has 11 aromatic rings. The zero-order valence-corrected chi connectivity index (χ0v) is 29.5. The number of hydrogen-bond acceptors (Lipinski definition) is 1. The summed E-state index contributed by atoms with van der Waals surface area (Å²) in [6.45, 7) is 8.27. The van der Waals surface area contributed by atoms with Crippen LogP contribution in [0.2, 0.25) is 0 Å². The molecule has 0 aliphatic heterocycles. The van der Waals surface area contributed by atoms with E-state index in [1.165, 1.54) is 10.8 Å². The zero-order valence-electron chi connectivity index (χ0n) is 29.5. The molecular weight excluding hydrogens is 671 g/mol. The maximum Gasteiger partial charge on any atom is 0.211 e. The number of rotatable bonds is 4. The van der Waals surface area contributed by atoms with Gasteiger partial charge in [-0.1, -0.05) is 127 Å². The number of benzene rings is 8. The first-order valence-electron chi connectivity index (χ1n) is 18.3. The van der Waals surface area contributed by atoms with Crippen LogP contribution >= 0.6 is 0 Å². The van der Waals surface area contributed by atoms with Crippen molar-refractivity contribution in [3.63, 3.8) is 0 Å². The summed E-state index contributed by atoms with van der Waals surface area (Å²) < 4.78 is 6.84. The molecule has 254 valence electrons. The van der Waals surface area contributed by atoms with Crippen molar-refractivity contribution in [2.24, 2.45) is 0 Å². The molecule has 55 heavy (non-hydrogen) atoms. The first kappa shape index (κ1) is 30.7. The lowest BCUT2D eigenvalue weighted by atomic mass is 9.96. The van der Waals surface area contributed by atoms with E-state index in [9.17, 15) is 5.26 Å². The van der Waals surface area contributed by atoms with Gasteiger partial charge < -0.3 is 13.7 Å². The van der Waals surface area contributed by atoms with Crippen LogP contribution in [0, 0.1) is 17.9 Å². The van der Waals surface area contributed by atoms with E-state index in [2.05, 4.69) is 158 Å². The van der Waals surface area contributed by atoms with Crippen molar-refractivity contribution in [1.82, 2.24) is 13.7 Å². The van der Waals surface area contributed by atoms with Crippen LogP contribution in [0.5, 0.6) is 0 Å². The van der Waals surface area contributed by atoms with Gasteiger partial charge in [-0.05, 0) is 48.5 Å². The molecule has 3 heterocycles. The SMILES string of the molecule is [C-]#[N+]c1ccc(-c2ccccc2-n2c3ccccc3c3c2ccc2c4ccccc4n(-c4ccccc4)c23)c(C#N)c1-n1c2ccccc2c2ccccc21. The van der Waals surface area contributed by atoms with E-state index in [0.717, 1.165) is 77.1 Å². The quantitative estimate of drug-likeness (QED) is 0.169. The molecule has 3 aromatic heterocycles. The summed E-state index contributed by atoms with van der Waals surface area (Å²) in [5.41, 5.74) is 11.6. The van der Waals surface area contributed by atoms with Crippen molar-refractivity contribution in [2.75, 3.05) is 0 Å². The van der Waals surface area contributed by atoms with Gasteiger partial charge in [0, 0.05) is 49.1 Å². The molecule has 0 saturated carbocycles. The van der Waals surface area contributed by atoms with E-state index in [-0.39, 0.29) is 0 Å². The van der Waals surface area contributed by atoms with Gasteiger partial charge in [0.25, 0.3) is 0 Å². The van der Waals surface area contributed by atoms with Gasteiger partial charge in [0.05, 0.1) is 56.6 Å². The molecule has 0 fully saturated rings. The molecule has 0 aliphatic rings. The minimum Gasteiger partial charge on any atom is -0.318 e. The molecule has 0 aliphatic carbocycles. The highest BCUT2D eigenvalue weighted by Gasteiger charge is 2.25. The van der Waals surface area contributed by atoms with Crippen molar-refractivity contribution < 1.29 is 0 Å². The van der Waals surface area contributed by atoms with E-state index >= 15 is 0 Å². The van der Waals surface area contributed by atoms with Crippen molar-refractivity contribution in [3.05, 3.63) is 193 Å². The first-order chi connectivity index (χ1) is 27.3. The summed E-state index contributed by atoms with van der Waals surface area (Å²) >= 11 is 0. The fraction of sp³-hybridized carbons (Fsp3) is 0. The first-order valence-corrected chi connectivity index (χ1v) is 18.3. The Morgan fingerprint density at radius 1 is 0.436 bits per heavy atom. The van der Waals surface area contributed by atoms with Crippen LogP contribution in [0.25, 0.3) is 98.5 Å². The van der Waals surface area contributed by atoms with Gasteiger partial charge in [0.1, 0.15) is 6.07 Å². The van der Waals surface area contributed by atoms with Crippen LogP contribution in [-0.4, -0.2) is 13.7 Å². The summed E-state index contributed by atoms with van der Waals surface area (Å²) in [6.07, 6.45) is 0. The van der Waals surface area contributed by atoms with Crippen molar-refractivity contribution in [2.45, 2.75) is 0 Å². The number of aromatic nitrogens is 3. The van der Waals surface area contributed by atoms with Crippen LogP contribution in [0.15, 0.2) is 176 Å². The standard InChI is InChI=1S/C50H29N5/c1-52-41-29-27-33(40(31-51)49(41)55-44-24-12-6-18-35(44)36-19-7-13-25-45(36)55)34-17-5-11-23-43(34)54-46-26-14-9-21-39(46)48-47(54)30-28-38-37-20-8-10-22-42(37)53(50(38)48)32-15-3-2-4-16-32/h2-30H. The molecule has 0 bridgehead atoms. The average molecular weight is 700 g/mol. The predicted molar refractivity (Wildman–Crippen MR) is 226 cm³/mol. The van der Waals surface area contributed by atoms with Gasteiger partial charge in [-0.3, -0.25) is 0 Å². The highest BCUT2D eigenvalue weighted by Crippen LogP contribution is 2.45. The maximum atomic E-state index is 11.1. The second-order valence-electron chi connectivity index (χ2n) is 13.9. The van der Waals surface area contributed by atoms with Crippen LogP contribution in [-0.2, 0) is 0 Å². The number of nitrogens with zero attached hydrogens (tertiary/aromatic N) is 5. The van der Waals surface area contributed by atoms with Crippen LogP contribution < -0.4 is 0 Å². The molecule has 5 nitrogen and oxygen atoms in total. The summed E-state index contributed by atoms with van der Waals surface area (Å²) in [6, 6.07) is 63.5. The van der Waals surface area contributed by atoms with Gasteiger partial charge in [-0.15, -0.1) is 0 Å². The van der Waals surface area contributed by atoms with E-state index in [1.54, 1.807) is 0 Å². The van der Waals surface area contributed by atoms with Crippen molar-refractivity contribution in [3.8, 4) is 34.3 Å². The molecule has 0 unspecified atom stereocenters. The third-order valence-electron chi connectivity index (χ3n) is 11.1. The third-order valence-corrected chi connectivity index (χ3v) is 11.1. The lowest BCUT2D eigenvalue weighted by molar-refractivity contribution is 1.16. The Bertz CT molecular complexity index is 3400. The van der Waals surface area contributed by atoms with Crippen LogP contribution in [0.4, 0.5) is 5.69 Å². The Kier molecular flexibility index (Phi) is 6.61. The monoisotopic (exact) mass is 699 g/mol. The normalized spacial score (nSPS) is 11.6. The lowest BCUT2D eigenvalue weighted by Crippen LogP contribution is -2.02. The zero-order chi connectivity index (χ0) is 36.6. The van der Waals surface area contributed by atoms with E-state index < -0.39 is 0 Å². The minimum atomic E-state index is 0.428. The smallest absolute Gasteiger partial charge is 0.211 e. The molecular formula is C50H29N5.